The molecule has 1 aromatic carbocycles. The summed E-state index contributed by atoms with van der Waals surface area (Å²) < 4.78 is 5.27. The van der Waals surface area contributed by atoms with E-state index in [-0.39, 0.29) is 0 Å². The van der Waals surface area contributed by atoms with Crippen LogP contribution in [0.2, 0.25) is 0 Å². The third-order valence-corrected chi connectivity index (χ3v) is 3.41. The first-order valence-electron chi connectivity index (χ1n) is 6.04. The van der Waals surface area contributed by atoms with E-state index in [1.54, 1.807) is 13.3 Å². The van der Waals surface area contributed by atoms with Crippen LogP contribution in [0.1, 0.15) is 24.4 Å². The zero-order valence-electron chi connectivity index (χ0n) is 9.94. The van der Waals surface area contributed by atoms with Crippen LogP contribution in [-0.4, -0.2) is 18.6 Å². The molecule has 3 heteroatoms. The Hall–Kier alpha value is -1.61. The van der Waals surface area contributed by atoms with Gasteiger partial charge in [-0.05, 0) is 48.5 Å². The minimum atomic E-state index is 0.513. The van der Waals surface area contributed by atoms with Crippen LogP contribution in [-0.2, 0) is 0 Å². The van der Waals surface area contributed by atoms with E-state index in [1.807, 2.05) is 6.07 Å². The minimum Gasteiger partial charge on any atom is -0.481 e. The van der Waals surface area contributed by atoms with Gasteiger partial charge in [0.25, 0.3) is 0 Å². The molecule has 1 aliphatic heterocycles. The van der Waals surface area contributed by atoms with Gasteiger partial charge in [-0.3, -0.25) is 0 Å². The van der Waals surface area contributed by atoms with Crippen molar-refractivity contribution in [1.29, 1.82) is 0 Å². The maximum atomic E-state index is 5.27. The van der Waals surface area contributed by atoms with Crippen LogP contribution in [0.3, 0.4) is 0 Å². The number of pyridine rings is 1. The van der Waals surface area contributed by atoms with Crippen LogP contribution < -0.4 is 10.1 Å². The average molecular weight is 228 g/mol. The molecule has 2 heterocycles. The van der Waals surface area contributed by atoms with Gasteiger partial charge in [0.05, 0.1) is 7.11 Å². The lowest BCUT2D eigenvalue weighted by Gasteiger charge is -2.12. The van der Waals surface area contributed by atoms with E-state index < -0.39 is 0 Å². The first kappa shape index (κ1) is 10.5. The predicted molar refractivity (Wildman–Crippen MR) is 68.3 cm³/mol. The molecule has 1 fully saturated rings. The van der Waals surface area contributed by atoms with Gasteiger partial charge in [0.1, 0.15) is 0 Å². The molecule has 0 aliphatic carbocycles. The number of nitrogens with zero attached hydrogens (tertiary/aromatic N) is 1. The number of nitrogens with one attached hydrogen (secondary N) is 1. The van der Waals surface area contributed by atoms with Crippen molar-refractivity contribution in [2.75, 3.05) is 13.7 Å². The van der Waals surface area contributed by atoms with Crippen LogP contribution in [0.5, 0.6) is 5.88 Å². The van der Waals surface area contributed by atoms with Gasteiger partial charge in [0.2, 0.25) is 5.88 Å². The lowest BCUT2D eigenvalue weighted by molar-refractivity contribution is 0.403. The molecule has 3 rings (SSSR count). The van der Waals surface area contributed by atoms with Gasteiger partial charge in [-0.15, -0.1) is 0 Å². The molecule has 17 heavy (non-hydrogen) atoms. The van der Waals surface area contributed by atoms with Gasteiger partial charge in [-0.1, -0.05) is 6.07 Å². The van der Waals surface area contributed by atoms with E-state index in [0.29, 0.717) is 11.9 Å². The fraction of sp³-hybridized carbons (Fsp3) is 0.357. The van der Waals surface area contributed by atoms with Crippen molar-refractivity contribution in [3.05, 3.63) is 36.0 Å². The second-order valence-electron chi connectivity index (χ2n) is 4.45. The Morgan fingerprint density at radius 1 is 1.35 bits per heavy atom. The molecule has 2 aromatic rings. The summed E-state index contributed by atoms with van der Waals surface area (Å²) in [5.41, 5.74) is 1.36. The monoisotopic (exact) mass is 228 g/mol. The summed E-state index contributed by atoms with van der Waals surface area (Å²) in [5, 5.41) is 5.80. The summed E-state index contributed by atoms with van der Waals surface area (Å²) in [5.74, 6) is 0.702. The molecular formula is C14H16N2O. The van der Waals surface area contributed by atoms with Crippen molar-refractivity contribution < 1.29 is 4.74 Å². The van der Waals surface area contributed by atoms with Crippen LogP contribution in [0.25, 0.3) is 10.8 Å². The zero-order chi connectivity index (χ0) is 11.7. The Morgan fingerprint density at radius 3 is 3.06 bits per heavy atom. The van der Waals surface area contributed by atoms with E-state index in [2.05, 4.69) is 28.5 Å². The number of methoxy groups -OCH3 is 1. The molecule has 1 atom stereocenters. The standard InChI is InChI=1S/C14H16N2O/c1-17-14-12-5-4-11(13-3-2-7-15-13)9-10(12)6-8-16-14/h4-6,8-9,13,15H,2-3,7H2,1H3. The van der Waals surface area contributed by atoms with Crippen molar-refractivity contribution in [1.82, 2.24) is 10.3 Å². The van der Waals surface area contributed by atoms with Gasteiger partial charge in [0, 0.05) is 17.6 Å². The Labute approximate surface area is 101 Å². The van der Waals surface area contributed by atoms with Crippen LogP contribution in [0.15, 0.2) is 30.5 Å². The highest BCUT2D eigenvalue weighted by atomic mass is 16.5. The Kier molecular flexibility index (Phi) is 2.69. The molecular weight excluding hydrogens is 212 g/mol. The van der Waals surface area contributed by atoms with Crippen LogP contribution >= 0.6 is 0 Å². The largest absolute Gasteiger partial charge is 0.481 e. The Balaban J connectivity index is 2.07. The molecule has 1 unspecified atom stereocenters. The molecule has 1 N–H and O–H groups in total. The number of hydrogen-bond acceptors (Lipinski definition) is 3. The molecule has 0 saturated carbocycles. The second kappa shape index (κ2) is 4.34. The Bertz CT molecular complexity index is 533. The summed E-state index contributed by atoms with van der Waals surface area (Å²) in [6, 6.07) is 9.07. The number of hydrogen-bond donors (Lipinski definition) is 1. The predicted octanol–water partition coefficient (Wildman–Crippen LogP) is 2.67. The third kappa shape index (κ3) is 1.87. The SMILES string of the molecule is COc1nccc2cc(C3CCCN3)ccc12. The summed E-state index contributed by atoms with van der Waals surface area (Å²) >= 11 is 0. The topological polar surface area (TPSA) is 34.1 Å². The highest BCUT2D eigenvalue weighted by Crippen LogP contribution is 2.29. The number of aromatic nitrogens is 1. The summed E-state index contributed by atoms with van der Waals surface area (Å²) in [7, 11) is 1.66. The third-order valence-electron chi connectivity index (χ3n) is 3.41. The molecule has 88 valence electrons. The van der Waals surface area contributed by atoms with Gasteiger partial charge in [-0.2, -0.15) is 0 Å². The number of ether oxygens (including phenoxy) is 1. The van der Waals surface area contributed by atoms with E-state index in [4.69, 9.17) is 4.74 Å². The molecule has 3 nitrogen and oxygen atoms in total. The normalized spacial score (nSPS) is 19.7. The molecule has 0 radical (unpaired) electrons. The molecule has 0 amide bonds. The fourth-order valence-corrected chi connectivity index (χ4v) is 2.52. The summed E-state index contributed by atoms with van der Waals surface area (Å²) in [6.07, 6.45) is 4.29. The van der Waals surface area contributed by atoms with Crippen molar-refractivity contribution in [3.63, 3.8) is 0 Å². The number of fused-ring (bicyclic) bond motifs is 1. The quantitative estimate of drug-likeness (QED) is 0.858. The Morgan fingerprint density at radius 2 is 2.29 bits per heavy atom. The maximum absolute atomic E-state index is 5.27. The maximum Gasteiger partial charge on any atom is 0.221 e. The van der Waals surface area contributed by atoms with Crippen molar-refractivity contribution in [3.8, 4) is 5.88 Å². The zero-order valence-corrected chi connectivity index (χ0v) is 9.94. The summed E-state index contributed by atoms with van der Waals surface area (Å²) in [6.45, 7) is 1.13. The highest BCUT2D eigenvalue weighted by Gasteiger charge is 2.16. The number of rotatable bonds is 2. The minimum absolute atomic E-state index is 0.513. The second-order valence-corrected chi connectivity index (χ2v) is 4.45. The van der Waals surface area contributed by atoms with E-state index in [0.717, 1.165) is 11.9 Å². The lowest BCUT2D eigenvalue weighted by Crippen LogP contribution is -2.12. The van der Waals surface area contributed by atoms with E-state index in [1.165, 1.54) is 23.8 Å². The van der Waals surface area contributed by atoms with Gasteiger partial charge in [0.15, 0.2) is 0 Å². The van der Waals surface area contributed by atoms with Crippen LogP contribution in [0, 0.1) is 0 Å². The smallest absolute Gasteiger partial charge is 0.221 e. The van der Waals surface area contributed by atoms with E-state index >= 15 is 0 Å². The number of benzene rings is 1. The van der Waals surface area contributed by atoms with Crippen molar-refractivity contribution in [2.24, 2.45) is 0 Å². The van der Waals surface area contributed by atoms with Gasteiger partial charge in [-0.25, -0.2) is 4.98 Å². The lowest BCUT2D eigenvalue weighted by atomic mass is 10.0. The molecule has 1 aliphatic rings. The van der Waals surface area contributed by atoms with Crippen LogP contribution in [0.4, 0.5) is 0 Å². The van der Waals surface area contributed by atoms with Crippen molar-refractivity contribution in [2.45, 2.75) is 18.9 Å². The molecule has 1 saturated heterocycles. The summed E-state index contributed by atoms with van der Waals surface area (Å²) in [4.78, 5) is 4.21. The first-order chi connectivity index (χ1) is 8.38. The average Bonchev–Trinajstić information content (AvgIpc) is 2.91. The highest BCUT2D eigenvalue weighted by molar-refractivity contribution is 5.87. The molecule has 0 bridgehead atoms. The molecule has 1 aromatic heterocycles. The molecule has 0 spiro atoms. The van der Waals surface area contributed by atoms with Gasteiger partial charge < -0.3 is 10.1 Å². The fourth-order valence-electron chi connectivity index (χ4n) is 2.52. The van der Waals surface area contributed by atoms with Gasteiger partial charge >= 0.3 is 0 Å². The first-order valence-corrected chi connectivity index (χ1v) is 6.04. The van der Waals surface area contributed by atoms with E-state index in [9.17, 15) is 0 Å². The van der Waals surface area contributed by atoms with Crippen molar-refractivity contribution >= 4 is 10.8 Å².